The molecule has 8 heavy (non-hydrogen) atoms. The fourth-order valence-electron chi connectivity index (χ4n) is 0.616. The van der Waals surface area contributed by atoms with E-state index in [9.17, 15) is 0 Å². The first-order valence-electron chi connectivity index (χ1n) is 2.53. The molecular weight excluding hydrogens is 170 g/mol. The zero-order valence-electron chi connectivity index (χ0n) is 4.43. The number of hydrogen-bond acceptors (Lipinski definition) is 2. The van der Waals surface area contributed by atoms with E-state index < -0.39 is 0 Å². The minimum absolute atomic E-state index is 0.168. The Morgan fingerprint density at radius 1 is 2.00 bits per heavy atom. The van der Waals surface area contributed by atoms with Gasteiger partial charge in [0.1, 0.15) is 5.76 Å². The van der Waals surface area contributed by atoms with Gasteiger partial charge in [-0.05, 0) is 22.0 Å². The minimum atomic E-state index is 0.168. The molecule has 1 atom stereocenters. The molecule has 0 aromatic heterocycles. The van der Waals surface area contributed by atoms with Crippen LogP contribution in [0.5, 0.6) is 0 Å². The first-order valence-corrected chi connectivity index (χ1v) is 3.44. The molecule has 0 bridgehead atoms. The molecule has 0 aliphatic carbocycles. The topological polar surface area (TPSA) is 35.2 Å². The summed E-state index contributed by atoms with van der Waals surface area (Å²) < 4.78 is 5.16. The van der Waals surface area contributed by atoms with Gasteiger partial charge in [0.15, 0.2) is 5.01 Å². The van der Waals surface area contributed by atoms with Crippen LogP contribution < -0.4 is 5.73 Å². The van der Waals surface area contributed by atoms with Crippen LogP contribution in [0.15, 0.2) is 11.8 Å². The van der Waals surface area contributed by atoms with Gasteiger partial charge in [-0.3, -0.25) is 0 Å². The number of ether oxygens (including phenoxy) is 1. The summed E-state index contributed by atoms with van der Waals surface area (Å²) in [4.78, 5) is 0. The highest BCUT2D eigenvalue weighted by molar-refractivity contribution is 9.09. The maximum Gasteiger partial charge on any atom is 0.156 e. The van der Waals surface area contributed by atoms with Gasteiger partial charge < -0.3 is 10.5 Å². The highest BCUT2D eigenvalue weighted by atomic mass is 79.9. The van der Waals surface area contributed by atoms with Crippen molar-refractivity contribution in [2.24, 2.45) is 5.73 Å². The third-order valence-electron chi connectivity index (χ3n) is 1.01. The molecule has 46 valence electrons. The Kier molecular flexibility index (Phi) is 1.91. The minimum Gasteiger partial charge on any atom is -0.482 e. The SMILES string of the molecule is NCC1=CCC(Br)O1. The second-order valence-corrected chi connectivity index (χ2v) is 2.66. The predicted octanol–water partition coefficient (Wildman–Crippen LogP) is 0.970. The van der Waals surface area contributed by atoms with Crippen molar-refractivity contribution >= 4 is 15.9 Å². The normalized spacial score (nSPS) is 27.2. The molecular formula is C5H8BrNO. The molecule has 1 unspecified atom stereocenters. The van der Waals surface area contributed by atoms with Crippen LogP contribution in [0.3, 0.4) is 0 Å². The van der Waals surface area contributed by atoms with Crippen LogP contribution >= 0.6 is 15.9 Å². The van der Waals surface area contributed by atoms with Gasteiger partial charge in [0.05, 0.1) is 6.54 Å². The van der Waals surface area contributed by atoms with Crippen molar-refractivity contribution in [2.45, 2.75) is 11.4 Å². The molecule has 0 spiro atoms. The van der Waals surface area contributed by atoms with Crippen molar-refractivity contribution in [1.82, 2.24) is 0 Å². The lowest BCUT2D eigenvalue weighted by molar-refractivity contribution is 0.219. The van der Waals surface area contributed by atoms with Gasteiger partial charge in [0.25, 0.3) is 0 Å². The molecule has 0 saturated heterocycles. The van der Waals surface area contributed by atoms with Gasteiger partial charge in [0.2, 0.25) is 0 Å². The molecule has 3 heteroatoms. The summed E-state index contributed by atoms with van der Waals surface area (Å²) in [6.07, 6.45) is 2.94. The van der Waals surface area contributed by atoms with E-state index in [1.807, 2.05) is 6.08 Å². The zero-order chi connectivity index (χ0) is 5.98. The molecule has 2 N–H and O–H groups in total. The Labute approximate surface area is 56.8 Å². The average Bonchev–Trinajstić information content (AvgIpc) is 2.14. The van der Waals surface area contributed by atoms with E-state index >= 15 is 0 Å². The molecule has 0 saturated carbocycles. The highest BCUT2D eigenvalue weighted by Gasteiger charge is 2.11. The van der Waals surface area contributed by atoms with Crippen molar-refractivity contribution in [3.63, 3.8) is 0 Å². The van der Waals surface area contributed by atoms with Crippen LogP contribution in [0, 0.1) is 0 Å². The summed E-state index contributed by atoms with van der Waals surface area (Å²) in [6.45, 7) is 0.516. The van der Waals surface area contributed by atoms with Crippen molar-refractivity contribution in [3.8, 4) is 0 Å². The summed E-state index contributed by atoms with van der Waals surface area (Å²) in [7, 11) is 0. The van der Waals surface area contributed by atoms with Gasteiger partial charge in [-0.2, -0.15) is 0 Å². The summed E-state index contributed by atoms with van der Waals surface area (Å²) >= 11 is 3.29. The summed E-state index contributed by atoms with van der Waals surface area (Å²) in [5.74, 6) is 0.895. The molecule has 0 fully saturated rings. The molecule has 0 aromatic rings. The molecule has 0 aromatic carbocycles. The second-order valence-electron chi connectivity index (χ2n) is 1.64. The van der Waals surface area contributed by atoms with Gasteiger partial charge in [-0.15, -0.1) is 0 Å². The highest BCUT2D eigenvalue weighted by Crippen LogP contribution is 2.19. The molecule has 1 aliphatic heterocycles. The predicted molar refractivity (Wildman–Crippen MR) is 35.6 cm³/mol. The van der Waals surface area contributed by atoms with Gasteiger partial charge in [-0.25, -0.2) is 0 Å². The van der Waals surface area contributed by atoms with E-state index in [2.05, 4.69) is 15.9 Å². The zero-order valence-corrected chi connectivity index (χ0v) is 6.02. The second kappa shape index (κ2) is 2.51. The fourth-order valence-corrected chi connectivity index (χ4v) is 1.04. The van der Waals surface area contributed by atoms with Crippen molar-refractivity contribution in [1.29, 1.82) is 0 Å². The van der Waals surface area contributed by atoms with Gasteiger partial charge >= 0.3 is 0 Å². The smallest absolute Gasteiger partial charge is 0.156 e. The number of rotatable bonds is 1. The largest absolute Gasteiger partial charge is 0.482 e. The Bertz CT molecular complexity index is 113. The average molecular weight is 178 g/mol. The standard InChI is InChI=1S/C5H8BrNO/c6-5-2-1-4(3-7)8-5/h1,5H,2-3,7H2. The van der Waals surface area contributed by atoms with E-state index in [0.29, 0.717) is 6.54 Å². The lowest BCUT2D eigenvalue weighted by Crippen LogP contribution is -2.04. The van der Waals surface area contributed by atoms with Crippen LogP contribution in [0.25, 0.3) is 0 Å². The van der Waals surface area contributed by atoms with Crippen molar-refractivity contribution in [3.05, 3.63) is 11.8 Å². The van der Waals surface area contributed by atoms with Gasteiger partial charge in [-0.1, -0.05) is 0 Å². The summed E-state index contributed by atoms with van der Waals surface area (Å²) in [5.41, 5.74) is 5.28. The fraction of sp³-hybridized carbons (Fsp3) is 0.600. The van der Waals surface area contributed by atoms with Crippen LogP contribution in [0.1, 0.15) is 6.42 Å². The Morgan fingerprint density at radius 3 is 3.00 bits per heavy atom. The number of halogens is 1. The third kappa shape index (κ3) is 1.23. The molecule has 2 nitrogen and oxygen atoms in total. The van der Waals surface area contributed by atoms with Crippen LogP contribution in [0.4, 0.5) is 0 Å². The third-order valence-corrected chi connectivity index (χ3v) is 1.57. The van der Waals surface area contributed by atoms with E-state index in [4.69, 9.17) is 10.5 Å². The van der Waals surface area contributed by atoms with Crippen molar-refractivity contribution < 1.29 is 4.74 Å². The van der Waals surface area contributed by atoms with E-state index in [-0.39, 0.29) is 5.01 Å². The van der Waals surface area contributed by atoms with Gasteiger partial charge in [0, 0.05) is 6.42 Å². The van der Waals surface area contributed by atoms with Crippen LogP contribution in [-0.2, 0) is 4.74 Å². The number of nitrogens with two attached hydrogens (primary N) is 1. The maximum atomic E-state index is 5.28. The first kappa shape index (κ1) is 6.11. The molecule has 1 heterocycles. The summed E-state index contributed by atoms with van der Waals surface area (Å²) in [5, 5.41) is 0.168. The van der Waals surface area contributed by atoms with E-state index in [1.54, 1.807) is 0 Å². The molecule has 0 radical (unpaired) electrons. The lowest BCUT2D eigenvalue weighted by Gasteiger charge is -2.02. The summed E-state index contributed by atoms with van der Waals surface area (Å²) in [6, 6.07) is 0. The first-order chi connectivity index (χ1) is 3.83. The quantitative estimate of drug-likeness (QED) is 0.607. The van der Waals surface area contributed by atoms with Crippen molar-refractivity contribution in [2.75, 3.05) is 6.54 Å². The molecule has 1 rings (SSSR count). The van der Waals surface area contributed by atoms with E-state index in [1.165, 1.54) is 0 Å². The Balaban J connectivity index is 2.37. The van der Waals surface area contributed by atoms with Crippen LogP contribution in [-0.4, -0.2) is 11.6 Å². The Morgan fingerprint density at radius 2 is 2.75 bits per heavy atom. The number of hydrogen-bond donors (Lipinski definition) is 1. The molecule has 1 aliphatic rings. The number of alkyl halides is 1. The van der Waals surface area contributed by atoms with Crippen LogP contribution in [0.2, 0.25) is 0 Å². The maximum absolute atomic E-state index is 5.28. The monoisotopic (exact) mass is 177 g/mol. The van der Waals surface area contributed by atoms with E-state index in [0.717, 1.165) is 12.2 Å². The lowest BCUT2D eigenvalue weighted by atomic mass is 10.4. The molecule has 0 amide bonds. The Hall–Kier alpha value is -0.0200.